The second kappa shape index (κ2) is 22.2. The zero-order valence-corrected chi connectivity index (χ0v) is 51.1. The van der Waals surface area contributed by atoms with Gasteiger partial charge in [-0.15, -0.1) is 0 Å². The molecule has 0 fully saturated rings. The molecule has 92 heavy (non-hydrogen) atoms. The summed E-state index contributed by atoms with van der Waals surface area (Å²) in [4.78, 5) is 0. The van der Waals surface area contributed by atoms with E-state index in [9.17, 15) is 0 Å². The summed E-state index contributed by atoms with van der Waals surface area (Å²) in [5.74, 6) is 0. The van der Waals surface area contributed by atoms with Crippen molar-refractivity contribution < 1.29 is 0 Å². The second-order valence-corrected chi connectivity index (χ2v) is 25.2. The average molecular weight is 1180 g/mol. The fourth-order valence-corrected chi connectivity index (χ4v) is 15.4. The van der Waals surface area contributed by atoms with Gasteiger partial charge in [0, 0.05) is 65.8 Å². The molecule has 0 saturated heterocycles. The van der Waals surface area contributed by atoms with E-state index in [1.807, 2.05) is 0 Å². The molecule has 4 aromatic heterocycles. The lowest BCUT2D eigenvalue weighted by Crippen LogP contribution is -2.03. The molecule has 0 bridgehead atoms. The number of fused-ring (bicyclic) bond motifs is 12. The number of para-hydroxylation sites is 8. The number of nitrogens with zero attached hydrogens (tertiary/aromatic N) is 4. The van der Waals surface area contributed by atoms with E-state index >= 15 is 0 Å². The molecule has 4 heterocycles. The van der Waals surface area contributed by atoms with Gasteiger partial charge in [-0.2, -0.15) is 0 Å². The summed E-state index contributed by atoms with van der Waals surface area (Å²) in [5, 5.41) is 10.3. The highest BCUT2D eigenvalue weighted by atomic mass is 15.0. The standard InChI is InChI=1S/C88H64N4/c1-9-25-81-73(17-1)74-18-2-10-26-82(74)89(81)69-41-33-59(34-42-69)49-63-53-64(50-60-35-43-70(44-36-60)90-83-27-11-3-19-75(83)76-20-4-12-28-84(76)90)56-67(55-63)68-57-65(51-61-37-45-71(46-38-61)91-85-29-13-5-21-77(85)78-22-6-14-30-86(78)91)54-66(58-68)52-62-39-47-72(48-40-62)92-87-31-15-7-23-79(87)80-24-8-16-32-88(80)92/h1-39,41-47,53-58H,40,48-52H2. The highest BCUT2D eigenvalue weighted by Gasteiger charge is 2.20. The van der Waals surface area contributed by atoms with Crippen molar-refractivity contribution >= 4 is 92.9 Å². The molecule has 0 unspecified atom stereocenters. The van der Waals surface area contributed by atoms with Crippen LogP contribution in [0.1, 0.15) is 51.8 Å². The van der Waals surface area contributed by atoms with Gasteiger partial charge in [0.15, 0.2) is 0 Å². The van der Waals surface area contributed by atoms with E-state index in [-0.39, 0.29) is 0 Å². The van der Waals surface area contributed by atoms with Crippen molar-refractivity contribution in [3.8, 4) is 28.2 Å². The Bertz CT molecular complexity index is 5410. The van der Waals surface area contributed by atoms with Gasteiger partial charge < -0.3 is 18.3 Å². The third-order valence-corrected chi connectivity index (χ3v) is 19.5. The van der Waals surface area contributed by atoms with E-state index in [1.165, 1.54) is 166 Å². The minimum atomic E-state index is 0.805. The number of rotatable bonds is 13. The third-order valence-electron chi connectivity index (χ3n) is 19.5. The molecule has 0 saturated carbocycles. The first-order valence-corrected chi connectivity index (χ1v) is 32.4. The second-order valence-electron chi connectivity index (χ2n) is 25.2. The summed E-state index contributed by atoms with van der Waals surface area (Å²) in [6.07, 6.45) is 10.1. The lowest BCUT2D eigenvalue weighted by molar-refractivity contribution is 0.889. The smallest absolute Gasteiger partial charge is 0.0541 e. The summed E-state index contributed by atoms with van der Waals surface area (Å²) in [5.41, 5.74) is 27.8. The highest BCUT2D eigenvalue weighted by Crippen LogP contribution is 2.39. The van der Waals surface area contributed by atoms with Crippen LogP contribution < -0.4 is 0 Å². The van der Waals surface area contributed by atoms with E-state index in [4.69, 9.17) is 0 Å². The van der Waals surface area contributed by atoms with E-state index in [1.54, 1.807) is 0 Å². The molecule has 17 aromatic rings. The number of hydrogen-bond acceptors (Lipinski definition) is 0. The fourth-order valence-electron chi connectivity index (χ4n) is 15.4. The Morgan fingerprint density at radius 1 is 0.207 bits per heavy atom. The summed E-state index contributed by atoms with van der Waals surface area (Å²) < 4.78 is 9.73. The number of aromatic nitrogens is 4. The zero-order chi connectivity index (χ0) is 60.6. The Labute approximate surface area is 534 Å². The maximum Gasteiger partial charge on any atom is 0.0541 e. The van der Waals surface area contributed by atoms with Crippen LogP contribution in [0.2, 0.25) is 0 Å². The summed E-state index contributed by atoms with van der Waals surface area (Å²) >= 11 is 0. The van der Waals surface area contributed by atoms with Gasteiger partial charge >= 0.3 is 0 Å². The van der Waals surface area contributed by atoms with Crippen LogP contribution in [-0.2, 0) is 25.7 Å². The first-order valence-electron chi connectivity index (χ1n) is 32.4. The van der Waals surface area contributed by atoms with Crippen molar-refractivity contribution in [1.82, 2.24) is 18.3 Å². The van der Waals surface area contributed by atoms with Crippen LogP contribution in [0.25, 0.3) is 121 Å². The van der Waals surface area contributed by atoms with Crippen LogP contribution in [-0.4, -0.2) is 18.3 Å². The van der Waals surface area contributed by atoms with Crippen LogP contribution in [0, 0.1) is 0 Å². The topological polar surface area (TPSA) is 19.7 Å². The van der Waals surface area contributed by atoms with Crippen molar-refractivity contribution in [2.24, 2.45) is 0 Å². The zero-order valence-electron chi connectivity index (χ0n) is 51.1. The largest absolute Gasteiger partial charge is 0.313 e. The van der Waals surface area contributed by atoms with Gasteiger partial charge in [0.05, 0.1) is 44.1 Å². The summed E-state index contributed by atoms with van der Waals surface area (Å²) in [6, 6.07) is 113. The van der Waals surface area contributed by atoms with Gasteiger partial charge in [-0.05, 0) is 180 Å². The molecule has 0 aliphatic heterocycles. The molecular weight excluding hydrogens is 1110 g/mol. The molecule has 4 heteroatoms. The van der Waals surface area contributed by atoms with E-state index < -0.39 is 0 Å². The Balaban J connectivity index is 0.729. The molecular formula is C88H64N4. The molecule has 0 radical (unpaired) electrons. The van der Waals surface area contributed by atoms with Crippen LogP contribution in [0.4, 0.5) is 0 Å². The maximum absolute atomic E-state index is 2.49. The van der Waals surface area contributed by atoms with Gasteiger partial charge in [0.25, 0.3) is 0 Å². The van der Waals surface area contributed by atoms with E-state index in [2.05, 4.69) is 334 Å². The Kier molecular flexibility index (Phi) is 12.9. The molecule has 0 N–H and O–H groups in total. The minimum Gasteiger partial charge on any atom is -0.313 e. The molecule has 13 aromatic carbocycles. The van der Waals surface area contributed by atoms with Crippen molar-refractivity contribution in [3.63, 3.8) is 0 Å². The van der Waals surface area contributed by atoms with E-state index in [0.29, 0.717) is 0 Å². The average Bonchev–Trinajstić information content (AvgIpc) is 1.66. The highest BCUT2D eigenvalue weighted by molar-refractivity contribution is 6.12. The van der Waals surface area contributed by atoms with Crippen molar-refractivity contribution in [1.29, 1.82) is 0 Å². The molecule has 436 valence electrons. The van der Waals surface area contributed by atoms with Crippen LogP contribution in [0.15, 0.2) is 321 Å². The first kappa shape index (κ1) is 53.6. The SMILES string of the molecule is C1=C(Cc2cc(Cc3ccc(-n4c5ccccc5c5ccccc54)cc3)cc(-c3cc(Cc4ccc(-n5c6ccccc6c6ccccc65)cc4)cc(Cc4ccc(-n5c6ccccc6c6ccccc65)cc4)c3)c2)CCC(n2c3ccccc3c3ccccc32)=C1. The van der Waals surface area contributed by atoms with E-state index in [0.717, 1.165) is 38.5 Å². The van der Waals surface area contributed by atoms with Gasteiger partial charge in [0.2, 0.25) is 0 Å². The fraction of sp³-hybridized carbons (Fsp3) is 0.0682. The molecule has 0 spiro atoms. The first-order chi connectivity index (χ1) is 45.6. The Morgan fingerprint density at radius 2 is 0.457 bits per heavy atom. The van der Waals surface area contributed by atoms with Gasteiger partial charge in [-0.3, -0.25) is 0 Å². The quantitative estimate of drug-likeness (QED) is 0.110. The van der Waals surface area contributed by atoms with Gasteiger partial charge in [0.1, 0.15) is 0 Å². The molecule has 4 nitrogen and oxygen atoms in total. The lowest BCUT2D eigenvalue weighted by Gasteiger charge is -2.19. The number of hydrogen-bond donors (Lipinski definition) is 0. The predicted octanol–water partition coefficient (Wildman–Crippen LogP) is 22.3. The van der Waals surface area contributed by atoms with Crippen molar-refractivity contribution in [3.05, 3.63) is 360 Å². The van der Waals surface area contributed by atoms with Gasteiger partial charge in [-0.1, -0.05) is 230 Å². The molecule has 18 rings (SSSR count). The van der Waals surface area contributed by atoms with Crippen molar-refractivity contribution in [2.75, 3.05) is 0 Å². The van der Waals surface area contributed by atoms with Crippen LogP contribution in [0.5, 0.6) is 0 Å². The van der Waals surface area contributed by atoms with Crippen LogP contribution in [0.3, 0.4) is 0 Å². The summed E-state index contributed by atoms with van der Waals surface area (Å²) in [6.45, 7) is 0. The van der Waals surface area contributed by atoms with Gasteiger partial charge in [-0.25, -0.2) is 0 Å². The molecule has 1 aliphatic rings. The monoisotopic (exact) mass is 1180 g/mol. The molecule has 1 aliphatic carbocycles. The summed E-state index contributed by atoms with van der Waals surface area (Å²) in [7, 11) is 0. The normalized spacial score (nSPS) is 12.8. The van der Waals surface area contributed by atoms with Crippen LogP contribution >= 0.6 is 0 Å². The lowest BCUT2D eigenvalue weighted by atomic mass is 9.89. The Morgan fingerprint density at radius 3 is 0.717 bits per heavy atom. The number of allylic oxidation sites excluding steroid dienone is 4. The van der Waals surface area contributed by atoms with Crippen molar-refractivity contribution in [2.45, 2.75) is 38.5 Å². The molecule has 0 amide bonds. The minimum absolute atomic E-state index is 0.805. The Hall–Kier alpha value is -11.5. The third kappa shape index (κ3) is 9.37. The maximum atomic E-state index is 2.49. The molecule has 0 atom stereocenters. The number of benzene rings is 13. The predicted molar refractivity (Wildman–Crippen MR) is 387 cm³/mol.